The number of aromatic nitrogens is 2. The number of hydrogen-bond acceptors (Lipinski definition) is 4. The molecule has 0 saturated heterocycles. The van der Waals surface area contributed by atoms with Gasteiger partial charge < -0.3 is 15.2 Å². The van der Waals surface area contributed by atoms with Gasteiger partial charge in [0.2, 0.25) is 0 Å². The first-order chi connectivity index (χ1) is 9.74. The zero-order valence-electron chi connectivity index (χ0n) is 11.1. The molecule has 1 aromatic carbocycles. The van der Waals surface area contributed by atoms with Crippen molar-refractivity contribution in [3.05, 3.63) is 48.0 Å². The summed E-state index contributed by atoms with van der Waals surface area (Å²) in [7, 11) is 1.79. The number of benzene rings is 1. The normalized spacial score (nSPS) is 13.8. The molecule has 102 valence electrons. The number of amidine groups is 1. The van der Waals surface area contributed by atoms with E-state index >= 15 is 0 Å². The first-order valence-electron chi connectivity index (χ1n) is 6.41. The molecule has 0 bridgehead atoms. The van der Waals surface area contributed by atoms with E-state index < -0.39 is 0 Å². The van der Waals surface area contributed by atoms with Gasteiger partial charge in [0.05, 0.1) is 6.54 Å². The Morgan fingerprint density at radius 2 is 2.15 bits per heavy atom. The fraction of sp³-hybridized carbons (Fsp3) is 0.214. The third-order valence-corrected chi connectivity index (χ3v) is 3.11. The van der Waals surface area contributed by atoms with Crippen LogP contribution >= 0.6 is 0 Å². The number of rotatable bonds is 3. The molecule has 3 rings (SSSR count). The Hall–Kier alpha value is -2.63. The third kappa shape index (κ3) is 2.40. The van der Waals surface area contributed by atoms with Gasteiger partial charge in [-0.2, -0.15) is 0 Å². The standard InChI is InChI=1S/C14H15N5O/c1-19-9-8-17-13(19)14(20)18-11-4-2-10(3-5-11)12-15-6-7-16-12/h2-5,8-9H,6-7H2,1H3,(H,15,16)(H,18,20). The average molecular weight is 269 g/mol. The monoisotopic (exact) mass is 269 g/mol. The summed E-state index contributed by atoms with van der Waals surface area (Å²) in [4.78, 5) is 20.4. The molecular formula is C14H15N5O. The van der Waals surface area contributed by atoms with E-state index in [0.29, 0.717) is 5.82 Å². The molecule has 0 unspecified atom stereocenters. The Kier molecular flexibility index (Phi) is 3.20. The molecule has 6 heteroatoms. The van der Waals surface area contributed by atoms with Crippen molar-refractivity contribution in [2.75, 3.05) is 18.4 Å². The second kappa shape index (κ2) is 5.16. The molecule has 1 aliphatic heterocycles. The average Bonchev–Trinajstić information content (AvgIpc) is 3.10. The highest BCUT2D eigenvalue weighted by Crippen LogP contribution is 2.12. The molecule has 20 heavy (non-hydrogen) atoms. The van der Waals surface area contributed by atoms with Crippen molar-refractivity contribution in [2.45, 2.75) is 0 Å². The van der Waals surface area contributed by atoms with E-state index in [4.69, 9.17) is 0 Å². The van der Waals surface area contributed by atoms with Crippen molar-refractivity contribution in [1.82, 2.24) is 14.9 Å². The molecule has 6 nitrogen and oxygen atoms in total. The zero-order valence-corrected chi connectivity index (χ0v) is 11.1. The SMILES string of the molecule is Cn1ccnc1C(=O)Nc1ccc(C2=NCCN2)cc1. The van der Waals surface area contributed by atoms with Crippen LogP contribution in [0.5, 0.6) is 0 Å². The highest BCUT2D eigenvalue weighted by atomic mass is 16.2. The fourth-order valence-electron chi connectivity index (χ4n) is 2.07. The smallest absolute Gasteiger partial charge is 0.291 e. The van der Waals surface area contributed by atoms with Crippen molar-refractivity contribution in [3.8, 4) is 0 Å². The number of carbonyl (C=O) groups excluding carboxylic acids is 1. The Morgan fingerprint density at radius 3 is 2.75 bits per heavy atom. The number of aryl methyl sites for hydroxylation is 1. The van der Waals surface area contributed by atoms with E-state index in [1.54, 1.807) is 24.0 Å². The minimum absolute atomic E-state index is 0.221. The van der Waals surface area contributed by atoms with Crippen molar-refractivity contribution in [2.24, 2.45) is 12.0 Å². The van der Waals surface area contributed by atoms with Crippen molar-refractivity contribution >= 4 is 17.4 Å². The molecule has 2 N–H and O–H groups in total. The van der Waals surface area contributed by atoms with Crippen molar-refractivity contribution in [3.63, 3.8) is 0 Å². The van der Waals surface area contributed by atoms with E-state index in [9.17, 15) is 4.79 Å². The van der Waals surface area contributed by atoms with Gasteiger partial charge in [0.1, 0.15) is 5.84 Å². The van der Waals surface area contributed by atoms with Crippen LogP contribution in [0.15, 0.2) is 41.7 Å². The van der Waals surface area contributed by atoms with E-state index in [0.717, 1.165) is 30.2 Å². The van der Waals surface area contributed by atoms with Crippen LogP contribution in [0.3, 0.4) is 0 Å². The van der Waals surface area contributed by atoms with Crippen LogP contribution in [0.1, 0.15) is 16.2 Å². The van der Waals surface area contributed by atoms with E-state index in [2.05, 4.69) is 20.6 Å². The topological polar surface area (TPSA) is 71.3 Å². The minimum atomic E-state index is -0.221. The summed E-state index contributed by atoms with van der Waals surface area (Å²) in [5.74, 6) is 1.07. The van der Waals surface area contributed by atoms with E-state index in [-0.39, 0.29) is 5.91 Å². The van der Waals surface area contributed by atoms with Crippen LogP contribution in [0, 0.1) is 0 Å². The Morgan fingerprint density at radius 1 is 1.35 bits per heavy atom. The van der Waals surface area contributed by atoms with Gasteiger partial charge in [0.25, 0.3) is 5.91 Å². The van der Waals surface area contributed by atoms with E-state index in [1.807, 2.05) is 24.3 Å². The fourth-order valence-corrected chi connectivity index (χ4v) is 2.07. The second-order valence-electron chi connectivity index (χ2n) is 4.55. The molecule has 1 amide bonds. The van der Waals surface area contributed by atoms with Crippen LogP contribution in [0.25, 0.3) is 0 Å². The van der Waals surface area contributed by atoms with Crippen LogP contribution in [-0.2, 0) is 7.05 Å². The number of imidazole rings is 1. The van der Waals surface area contributed by atoms with Gasteiger partial charge in [-0.1, -0.05) is 0 Å². The number of hydrogen-bond donors (Lipinski definition) is 2. The van der Waals surface area contributed by atoms with Gasteiger partial charge in [-0.05, 0) is 24.3 Å². The van der Waals surface area contributed by atoms with E-state index in [1.165, 1.54) is 0 Å². The number of nitrogens with one attached hydrogen (secondary N) is 2. The molecule has 2 aromatic rings. The van der Waals surface area contributed by atoms with Crippen molar-refractivity contribution < 1.29 is 4.79 Å². The number of anilines is 1. The number of aliphatic imine (C=N–C) groups is 1. The van der Waals surface area contributed by atoms with Crippen LogP contribution in [0.2, 0.25) is 0 Å². The number of amides is 1. The summed E-state index contributed by atoms with van der Waals surface area (Å²) < 4.78 is 1.68. The molecule has 1 aliphatic rings. The first kappa shape index (κ1) is 12.4. The first-order valence-corrected chi connectivity index (χ1v) is 6.41. The molecule has 0 atom stereocenters. The third-order valence-electron chi connectivity index (χ3n) is 3.11. The lowest BCUT2D eigenvalue weighted by molar-refractivity contribution is 0.101. The van der Waals surface area contributed by atoms with Gasteiger partial charge in [-0.3, -0.25) is 9.79 Å². The maximum Gasteiger partial charge on any atom is 0.291 e. The molecular weight excluding hydrogens is 254 g/mol. The van der Waals surface area contributed by atoms with Gasteiger partial charge in [-0.25, -0.2) is 4.98 Å². The Labute approximate surface area is 116 Å². The Balaban J connectivity index is 1.72. The van der Waals surface area contributed by atoms with Gasteiger partial charge >= 0.3 is 0 Å². The molecule has 0 aliphatic carbocycles. The zero-order chi connectivity index (χ0) is 13.9. The van der Waals surface area contributed by atoms with Crippen LogP contribution in [-0.4, -0.2) is 34.4 Å². The largest absolute Gasteiger partial charge is 0.368 e. The minimum Gasteiger partial charge on any atom is -0.368 e. The Bertz CT molecular complexity index is 656. The van der Waals surface area contributed by atoms with Gasteiger partial charge in [-0.15, -0.1) is 0 Å². The van der Waals surface area contributed by atoms with Gasteiger partial charge in [0.15, 0.2) is 5.82 Å². The lowest BCUT2D eigenvalue weighted by Crippen LogP contribution is -2.19. The molecule has 2 heterocycles. The summed E-state index contributed by atoms with van der Waals surface area (Å²) >= 11 is 0. The summed E-state index contributed by atoms with van der Waals surface area (Å²) in [5, 5.41) is 6.03. The molecule has 0 radical (unpaired) electrons. The summed E-state index contributed by atoms with van der Waals surface area (Å²) in [6.45, 7) is 1.69. The van der Waals surface area contributed by atoms with Crippen LogP contribution in [0.4, 0.5) is 5.69 Å². The highest BCUT2D eigenvalue weighted by Gasteiger charge is 2.12. The number of nitrogens with zero attached hydrogens (tertiary/aromatic N) is 3. The van der Waals surface area contributed by atoms with Gasteiger partial charge in [0, 0.05) is 37.2 Å². The van der Waals surface area contributed by atoms with Crippen molar-refractivity contribution in [1.29, 1.82) is 0 Å². The summed E-state index contributed by atoms with van der Waals surface area (Å²) in [6.07, 6.45) is 3.34. The summed E-state index contributed by atoms with van der Waals surface area (Å²) in [6, 6.07) is 7.59. The predicted molar refractivity (Wildman–Crippen MR) is 77.0 cm³/mol. The number of carbonyl (C=O) groups is 1. The lowest BCUT2D eigenvalue weighted by atomic mass is 10.2. The molecule has 0 saturated carbocycles. The molecule has 0 spiro atoms. The summed E-state index contributed by atoms with van der Waals surface area (Å²) in [5.41, 5.74) is 1.76. The maximum absolute atomic E-state index is 12.0. The predicted octanol–water partition coefficient (Wildman–Crippen LogP) is 1.02. The molecule has 1 aromatic heterocycles. The second-order valence-corrected chi connectivity index (χ2v) is 4.55. The molecule has 0 fully saturated rings. The lowest BCUT2D eigenvalue weighted by Gasteiger charge is -2.07. The van der Waals surface area contributed by atoms with Crippen LogP contribution < -0.4 is 10.6 Å². The maximum atomic E-state index is 12.0. The quantitative estimate of drug-likeness (QED) is 0.874. The highest BCUT2D eigenvalue weighted by molar-refractivity contribution is 6.03.